The molecule has 21 heavy (non-hydrogen) atoms. The Morgan fingerprint density at radius 2 is 1.95 bits per heavy atom. The third-order valence-corrected chi connectivity index (χ3v) is 4.12. The number of carbonyl (C=O) groups excluding carboxylic acids is 1. The fraction of sp³-hybridized carbons (Fsp3) is 0. The van der Waals surface area contributed by atoms with E-state index in [0.29, 0.717) is 16.3 Å². The lowest BCUT2D eigenvalue weighted by Gasteiger charge is -2.06. The predicted molar refractivity (Wildman–Crippen MR) is 86.4 cm³/mol. The van der Waals surface area contributed by atoms with Gasteiger partial charge in [-0.1, -0.05) is 18.2 Å². The van der Waals surface area contributed by atoms with Crippen LogP contribution in [0.1, 0.15) is 9.67 Å². The highest BCUT2D eigenvalue weighted by Gasteiger charge is 2.11. The molecule has 1 aromatic carbocycles. The standard InChI is InChI=1S/C16H13N3OS/c17-12-5-1-2-6-13(12)19-16(20)15-8-7-14(21-15)11-4-3-9-18-10-11/h1-10H,17H2,(H,19,20). The molecule has 104 valence electrons. The molecule has 0 fully saturated rings. The number of anilines is 2. The molecular weight excluding hydrogens is 282 g/mol. The number of amides is 1. The number of benzene rings is 1. The van der Waals surface area contributed by atoms with E-state index in [0.717, 1.165) is 10.4 Å². The van der Waals surface area contributed by atoms with E-state index in [1.807, 2.05) is 36.4 Å². The number of thiophene rings is 1. The molecule has 5 heteroatoms. The summed E-state index contributed by atoms with van der Waals surface area (Å²) in [6.07, 6.45) is 3.51. The van der Waals surface area contributed by atoms with Gasteiger partial charge in [0, 0.05) is 22.8 Å². The quantitative estimate of drug-likeness (QED) is 0.725. The summed E-state index contributed by atoms with van der Waals surface area (Å²) < 4.78 is 0. The van der Waals surface area contributed by atoms with Crippen molar-refractivity contribution < 1.29 is 4.79 Å². The molecule has 0 aliphatic rings. The Labute approximate surface area is 126 Å². The average Bonchev–Trinajstić information content (AvgIpc) is 3.00. The number of pyridine rings is 1. The van der Waals surface area contributed by atoms with E-state index in [1.165, 1.54) is 11.3 Å². The van der Waals surface area contributed by atoms with Crippen LogP contribution < -0.4 is 11.1 Å². The summed E-state index contributed by atoms with van der Waals surface area (Å²) in [5.41, 5.74) is 8.00. The van der Waals surface area contributed by atoms with Gasteiger partial charge in [-0.25, -0.2) is 0 Å². The molecule has 3 rings (SSSR count). The van der Waals surface area contributed by atoms with Gasteiger partial charge in [0.25, 0.3) is 5.91 Å². The molecule has 0 saturated heterocycles. The van der Waals surface area contributed by atoms with Crippen molar-refractivity contribution in [2.45, 2.75) is 0 Å². The maximum Gasteiger partial charge on any atom is 0.265 e. The minimum Gasteiger partial charge on any atom is -0.397 e. The first-order valence-electron chi connectivity index (χ1n) is 6.40. The molecule has 2 heterocycles. The molecule has 0 unspecified atom stereocenters. The van der Waals surface area contributed by atoms with Crippen LogP contribution in [0.2, 0.25) is 0 Å². The first-order chi connectivity index (χ1) is 10.2. The van der Waals surface area contributed by atoms with Crippen LogP contribution in [0.3, 0.4) is 0 Å². The van der Waals surface area contributed by atoms with E-state index in [4.69, 9.17) is 5.73 Å². The summed E-state index contributed by atoms with van der Waals surface area (Å²) in [5, 5.41) is 2.82. The molecular formula is C16H13N3OS. The molecule has 2 aromatic heterocycles. The van der Waals surface area contributed by atoms with Crippen LogP contribution in [-0.2, 0) is 0 Å². The Balaban J connectivity index is 1.80. The first kappa shape index (κ1) is 13.3. The van der Waals surface area contributed by atoms with Crippen LogP contribution in [0.25, 0.3) is 10.4 Å². The van der Waals surface area contributed by atoms with Gasteiger partial charge in [-0.15, -0.1) is 11.3 Å². The van der Waals surface area contributed by atoms with Gasteiger partial charge in [0.1, 0.15) is 0 Å². The van der Waals surface area contributed by atoms with Gasteiger partial charge in [-0.05, 0) is 30.3 Å². The minimum absolute atomic E-state index is 0.159. The number of aromatic nitrogens is 1. The Morgan fingerprint density at radius 3 is 2.71 bits per heavy atom. The minimum atomic E-state index is -0.159. The largest absolute Gasteiger partial charge is 0.397 e. The molecule has 3 aromatic rings. The van der Waals surface area contributed by atoms with Gasteiger partial charge in [0.2, 0.25) is 0 Å². The second-order valence-electron chi connectivity index (χ2n) is 4.45. The number of para-hydroxylation sites is 2. The average molecular weight is 295 g/mol. The molecule has 0 saturated carbocycles. The maximum atomic E-state index is 12.2. The van der Waals surface area contributed by atoms with Crippen molar-refractivity contribution >= 4 is 28.6 Å². The normalized spacial score (nSPS) is 10.3. The molecule has 0 aliphatic heterocycles. The van der Waals surface area contributed by atoms with Crippen LogP contribution >= 0.6 is 11.3 Å². The van der Waals surface area contributed by atoms with Crippen molar-refractivity contribution in [2.24, 2.45) is 0 Å². The fourth-order valence-electron chi connectivity index (χ4n) is 1.92. The van der Waals surface area contributed by atoms with E-state index in [-0.39, 0.29) is 5.91 Å². The van der Waals surface area contributed by atoms with Crippen LogP contribution in [0.15, 0.2) is 60.9 Å². The van der Waals surface area contributed by atoms with Gasteiger partial charge in [-0.3, -0.25) is 9.78 Å². The van der Waals surface area contributed by atoms with Crippen molar-refractivity contribution in [3.05, 3.63) is 65.8 Å². The topological polar surface area (TPSA) is 68.0 Å². The summed E-state index contributed by atoms with van der Waals surface area (Å²) in [4.78, 5) is 18.0. The molecule has 0 aliphatic carbocycles. The second kappa shape index (κ2) is 5.76. The lowest BCUT2D eigenvalue weighted by atomic mass is 10.2. The number of nitrogens with zero attached hydrogens (tertiary/aromatic N) is 1. The summed E-state index contributed by atoms with van der Waals surface area (Å²) in [6.45, 7) is 0. The molecule has 3 N–H and O–H groups in total. The van der Waals surface area contributed by atoms with Crippen LogP contribution in [0, 0.1) is 0 Å². The highest BCUT2D eigenvalue weighted by molar-refractivity contribution is 7.17. The smallest absolute Gasteiger partial charge is 0.265 e. The number of rotatable bonds is 3. The highest BCUT2D eigenvalue weighted by atomic mass is 32.1. The Bertz CT molecular complexity index is 768. The zero-order valence-electron chi connectivity index (χ0n) is 11.1. The number of nitrogens with two attached hydrogens (primary N) is 1. The fourth-order valence-corrected chi connectivity index (χ4v) is 2.81. The van der Waals surface area contributed by atoms with Gasteiger partial charge in [0.15, 0.2) is 0 Å². The van der Waals surface area contributed by atoms with Crippen molar-refractivity contribution in [3.8, 4) is 10.4 Å². The van der Waals surface area contributed by atoms with Crippen LogP contribution in [-0.4, -0.2) is 10.9 Å². The van der Waals surface area contributed by atoms with Crippen molar-refractivity contribution in [1.29, 1.82) is 0 Å². The zero-order chi connectivity index (χ0) is 14.7. The first-order valence-corrected chi connectivity index (χ1v) is 7.22. The molecule has 4 nitrogen and oxygen atoms in total. The van der Waals surface area contributed by atoms with Crippen molar-refractivity contribution in [3.63, 3.8) is 0 Å². The van der Waals surface area contributed by atoms with Gasteiger partial charge in [-0.2, -0.15) is 0 Å². The van der Waals surface area contributed by atoms with Crippen molar-refractivity contribution in [2.75, 3.05) is 11.1 Å². The lowest BCUT2D eigenvalue weighted by Crippen LogP contribution is -2.11. The molecule has 0 bridgehead atoms. The van der Waals surface area contributed by atoms with Gasteiger partial charge >= 0.3 is 0 Å². The monoisotopic (exact) mass is 295 g/mol. The lowest BCUT2D eigenvalue weighted by molar-refractivity contribution is 0.103. The van der Waals surface area contributed by atoms with Crippen LogP contribution in [0.4, 0.5) is 11.4 Å². The number of carbonyl (C=O) groups is 1. The zero-order valence-corrected chi connectivity index (χ0v) is 11.9. The van der Waals surface area contributed by atoms with Crippen LogP contribution in [0.5, 0.6) is 0 Å². The second-order valence-corrected chi connectivity index (χ2v) is 5.53. The Hall–Kier alpha value is -2.66. The Morgan fingerprint density at radius 1 is 1.10 bits per heavy atom. The van der Waals surface area contributed by atoms with E-state index >= 15 is 0 Å². The predicted octanol–water partition coefficient (Wildman–Crippen LogP) is 3.64. The van der Waals surface area contributed by atoms with Crippen molar-refractivity contribution in [1.82, 2.24) is 4.98 Å². The summed E-state index contributed by atoms with van der Waals surface area (Å²) >= 11 is 1.43. The van der Waals surface area contributed by atoms with E-state index in [9.17, 15) is 4.79 Å². The Kier molecular flexibility index (Phi) is 3.66. The summed E-state index contributed by atoms with van der Waals surface area (Å²) in [7, 11) is 0. The number of nitrogens with one attached hydrogen (secondary N) is 1. The van der Waals surface area contributed by atoms with E-state index in [2.05, 4.69) is 10.3 Å². The number of hydrogen-bond donors (Lipinski definition) is 2. The summed E-state index contributed by atoms with van der Waals surface area (Å²) in [6, 6.07) is 14.8. The molecule has 0 spiro atoms. The molecule has 0 atom stereocenters. The molecule has 0 radical (unpaired) electrons. The highest BCUT2D eigenvalue weighted by Crippen LogP contribution is 2.28. The van der Waals surface area contributed by atoms with Gasteiger partial charge < -0.3 is 11.1 Å². The number of hydrogen-bond acceptors (Lipinski definition) is 4. The summed E-state index contributed by atoms with van der Waals surface area (Å²) in [5.74, 6) is -0.159. The maximum absolute atomic E-state index is 12.2. The van der Waals surface area contributed by atoms with E-state index < -0.39 is 0 Å². The third-order valence-electron chi connectivity index (χ3n) is 2.98. The SMILES string of the molecule is Nc1ccccc1NC(=O)c1ccc(-c2cccnc2)s1. The number of nitrogen functional groups attached to an aromatic ring is 1. The van der Waals surface area contributed by atoms with E-state index in [1.54, 1.807) is 24.5 Å². The molecule has 1 amide bonds. The third kappa shape index (κ3) is 2.93. The van der Waals surface area contributed by atoms with Gasteiger partial charge in [0.05, 0.1) is 16.3 Å².